The lowest BCUT2D eigenvalue weighted by Gasteiger charge is -2.31. The van der Waals surface area contributed by atoms with E-state index >= 15 is 0 Å². The first-order chi connectivity index (χ1) is 13.7. The Morgan fingerprint density at radius 3 is 3.14 bits per heavy atom. The Morgan fingerprint density at radius 2 is 2.25 bits per heavy atom. The van der Waals surface area contributed by atoms with Crippen LogP contribution in [0.5, 0.6) is 11.5 Å². The van der Waals surface area contributed by atoms with Gasteiger partial charge < -0.3 is 24.1 Å². The number of nitrogens with one attached hydrogen (secondary N) is 1. The van der Waals surface area contributed by atoms with Crippen molar-refractivity contribution in [2.75, 3.05) is 33.5 Å². The number of nitrogens with zero attached hydrogens (tertiary/aromatic N) is 3. The number of carbonyl (C=O) groups is 1. The highest BCUT2D eigenvalue weighted by molar-refractivity contribution is 5.94. The molecule has 1 aromatic carbocycles. The Bertz CT molecular complexity index is 824. The minimum atomic E-state index is -0.0993. The molecule has 1 atom stereocenters. The van der Waals surface area contributed by atoms with Gasteiger partial charge in [0.2, 0.25) is 6.79 Å². The second-order valence-electron chi connectivity index (χ2n) is 7.06. The number of hydrogen-bond acceptors (Lipinski definition) is 8. The third-order valence-corrected chi connectivity index (χ3v) is 4.93. The van der Waals surface area contributed by atoms with Crippen LogP contribution in [-0.4, -0.2) is 54.5 Å². The smallest absolute Gasteiger partial charge is 0.252 e. The van der Waals surface area contributed by atoms with E-state index in [1.54, 1.807) is 25.3 Å². The van der Waals surface area contributed by atoms with Crippen LogP contribution in [0.15, 0.2) is 22.7 Å². The molecule has 2 aliphatic rings. The first kappa shape index (κ1) is 18.7. The first-order valence-electron chi connectivity index (χ1n) is 9.42. The molecule has 0 bridgehead atoms. The van der Waals surface area contributed by atoms with Gasteiger partial charge in [0.15, 0.2) is 17.3 Å². The van der Waals surface area contributed by atoms with Gasteiger partial charge in [-0.15, -0.1) is 0 Å². The highest BCUT2D eigenvalue weighted by atomic mass is 16.7. The molecular weight excluding hydrogens is 364 g/mol. The number of piperidine rings is 1. The van der Waals surface area contributed by atoms with E-state index in [9.17, 15) is 4.79 Å². The highest BCUT2D eigenvalue weighted by Gasteiger charge is 2.23. The summed E-state index contributed by atoms with van der Waals surface area (Å²) in [6, 6.07) is 5.24. The van der Waals surface area contributed by atoms with E-state index in [4.69, 9.17) is 18.7 Å². The van der Waals surface area contributed by atoms with Crippen LogP contribution in [0.2, 0.25) is 0 Å². The molecule has 1 aromatic heterocycles. The number of benzene rings is 1. The van der Waals surface area contributed by atoms with E-state index in [0.717, 1.165) is 25.9 Å². The van der Waals surface area contributed by atoms with Crippen LogP contribution in [0.25, 0.3) is 0 Å². The summed E-state index contributed by atoms with van der Waals surface area (Å²) in [5, 5.41) is 7.03. The SMILES string of the molecule is COCc1nc(CN2CCC[C@H](CNC(=O)c3ccc4c(c3)OCO4)C2)no1. The van der Waals surface area contributed by atoms with Crippen molar-refractivity contribution in [3.05, 3.63) is 35.5 Å². The second kappa shape index (κ2) is 8.57. The summed E-state index contributed by atoms with van der Waals surface area (Å²) in [7, 11) is 1.59. The summed E-state index contributed by atoms with van der Waals surface area (Å²) in [6.07, 6.45) is 2.16. The van der Waals surface area contributed by atoms with Gasteiger partial charge in [-0.05, 0) is 43.5 Å². The molecule has 0 spiro atoms. The molecule has 3 heterocycles. The van der Waals surface area contributed by atoms with Crippen LogP contribution in [0.1, 0.15) is 34.9 Å². The van der Waals surface area contributed by atoms with Crippen molar-refractivity contribution in [3.8, 4) is 11.5 Å². The number of methoxy groups -OCH3 is 1. The summed E-state index contributed by atoms with van der Waals surface area (Å²) >= 11 is 0. The third-order valence-electron chi connectivity index (χ3n) is 4.93. The predicted octanol–water partition coefficient (Wildman–Crippen LogP) is 1.59. The zero-order valence-electron chi connectivity index (χ0n) is 15.8. The summed E-state index contributed by atoms with van der Waals surface area (Å²) in [6.45, 7) is 3.66. The van der Waals surface area contributed by atoms with Gasteiger partial charge in [-0.1, -0.05) is 5.16 Å². The number of aromatic nitrogens is 2. The van der Waals surface area contributed by atoms with Gasteiger partial charge in [0.1, 0.15) is 6.61 Å². The van der Waals surface area contributed by atoms with Crippen LogP contribution in [0, 0.1) is 5.92 Å². The molecule has 1 amide bonds. The van der Waals surface area contributed by atoms with Crippen molar-refractivity contribution in [2.24, 2.45) is 5.92 Å². The quantitative estimate of drug-likeness (QED) is 0.763. The first-order valence-corrected chi connectivity index (χ1v) is 9.42. The predicted molar refractivity (Wildman–Crippen MR) is 97.9 cm³/mol. The Kier molecular flexibility index (Phi) is 5.73. The molecule has 0 unspecified atom stereocenters. The monoisotopic (exact) mass is 388 g/mol. The van der Waals surface area contributed by atoms with Gasteiger partial charge in [-0.2, -0.15) is 4.98 Å². The fraction of sp³-hybridized carbons (Fsp3) is 0.526. The van der Waals surface area contributed by atoms with E-state index in [0.29, 0.717) is 54.4 Å². The van der Waals surface area contributed by atoms with E-state index < -0.39 is 0 Å². The Hall–Kier alpha value is -2.65. The molecule has 28 heavy (non-hydrogen) atoms. The van der Waals surface area contributed by atoms with Crippen molar-refractivity contribution < 1.29 is 23.5 Å². The molecule has 2 aromatic rings. The molecular formula is C19H24N4O5. The Balaban J connectivity index is 1.27. The lowest BCUT2D eigenvalue weighted by molar-refractivity contribution is 0.0929. The number of likely N-dealkylation sites (tertiary alicyclic amines) is 1. The average Bonchev–Trinajstić information content (AvgIpc) is 3.35. The van der Waals surface area contributed by atoms with E-state index in [2.05, 4.69) is 20.4 Å². The normalized spacial score (nSPS) is 19.0. The molecule has 0 radical (unpaired) electrons. The van der Waals surface area contributed by atoms with Crippen LogP contribution in [-0.2, 0) is 17.9 Å². The largest absolute Gasteiger partial charge is 0.454 e. The fourth-order valence-electron chi connectivity index (χ4n) is 3.57. The van der Waals surface area contributed by atoms with Crippen molar-refractivity contribution in [3.63, 3.8) is 0 Å². The number of carbonyl (C=O) groups excluding carboxylic acids is 1. The van der Waals surface area contributed by atoms with Crippen LogP contribution in [0.3, 0.4) is 0 Å². The zero-order valence-corrected chi connectivity index (χ0v) is 15.8. The van der Waals surface area contributed by atoms with Crippen LogP contribution < -0.4 is 14.8 Å². The van der Waals surface area contributed by atoms with Crippen molar-refractivity contribution in [2.45, 2.75) is 26.0 Å². The number of rotatable bonds is 7. The maximum absolute atomic E-state index is 12.5. The summed E-state index contributed by atoms with van der Waals surface area (Å²) < 4.78 is 20.8. The zero-order chi connectivity index (χ0) is 19.3. The van der Waals surface area contributed by atoms with Crippen LogP contribution in [0.4, 0.5) is 0 Å². The van der Waals surface area contributed by atoms with Crippen molar-refractivity contribution >= 4 is 5.91 Å². The molecule has 1 saturated heterocycles. The molecule has 1 N–H and O–H groups in total. The molecule has 2 aliphatic heterocycles. The number of ether oxygens (including phenoxy) is 3. The lowest BCUT2D eigenvalue weighted by Crippen LogP contribution is -2.40. The highest BCUT2D eigenvalue weighted by Crippen LogP contribution is 2.32. The molecule has 0 aliphatic carbocycles. The average molecular weight is 388 g/mol. The molecule has 1 fully saturated rings. The minimum absolute atomic E-state index is 0.0993. The van der Waals surface area contributed by atoms with E-state index in [-0.39, 0.29) is 12.7 Å². The minimum Gasteiger partial charge on any atom is -0.454 e. The topological polar surface area (TPSA) is 99.0 Å². The summed E-state index contributed by atoms with van der Waals surface area (Å²) in [5.41, 5.74) is 0.578. The molecule has 0 saturated carbocycles. The van der Waals surface area contributed by atoms with Crippen molar-refractivity contribution in [1.82, 2.24) is 20.4 Å². The fourth-order valence-corrected chi connectivity index (χ4v) is 3.57. The molecule has 4 rings (SSSR count). The Labute approximate surface area is 162 Å². The third kappa shape index (κ3) is 4.42. The Morgan fingerprint density at radius 1 is 1.36 bits per heavy atom. The number of hydrogen-bond donors (Lipinski definition) is 1. The number of amides is 1. The molecule has 150 valence electrons. The van der Waals surface area contributed by atoms with Gasteiger partial charge in [0.05, 0.1) is 6.54 Å². The standard InChI is InChI=1S/C19H24N4O5/c1-25-11-18-21-17(22-28-18)10-23-6-2-3-13(9-23)8-20-19(24)14-4-5-15-16(7-14)27-12-26-15/h4-5,7,13H,2-3,6,8-12H2,1H3,(H,20,24)/t13-/m1/s1. The maximum Gasteiger partial charge on any atom is 0.252 e. The van der Waals surface area contributed by atoms with Gasteiger partial charge in [0.25, 0.3) is 11.8 Å². The van der Waals surface area contributed by atoms with Gasteiger partial charge in [-0.25, -0.2) is 0 Å². The summed E-state index contributed by atoms with van der Waals surface area (Å²) in [4.78, 5) is 19.1. The molecule has 9 nitrogen and oxygen atoms in total. The van der Waals surface area contributed by atoms with E-state index in [1.165, 1.54) is 0 Å². The van der Waals surface area contributed by atoms with Gasteiger partial charge >= 0.3 is 0 Å². The number of fused-ring (bicyclic) bond motifs is 1. The molecule has 9 heteroatoms. The van der Waals surface area contributed by atoms with Crippen molar-refractivity contribution in [1.29, 1.82) is 0 Å². The maximum atomic E-state index is 12.5. The van der Waals surface area contributed by atoms with Crippen LogP contribution >= 0.6 is 0 Å². The second-order valence-corrected chi connectivity index (χ2v) is 7.06. The van der Waals surface area contributed by atoms with Gasteiger partial charge in [0, 0.05) is 25.8 Å². The summed E-state index contributed by atoms with van der Waals surface area (Å²) in [5.74, 6) is 2.73. The van der Waals surface area contributed by atoms with E-state index in [1.807, 2.05) is 0 Å². The lowest BCUT2D eigenvalue weighted by atomic mass is 9.98. The van der Waals surface area contributed by atoms with Gasteiger partial charge in [-0.3, -0.25) is 9.69 Å².